The zero-order chi connectivity index (χ0) is 14.8. The number of hydrogen-bond donors (Lipinski definition) is 2. The molecule has 0 aromatic carbocycles. The lowest BCUT2D eigenvalue weighted by Gasteiger charge is -2.36. The molecule has 3 N–H and O–H groups in total. The molecular weight excluding hydrogens is 248 g/mol. The highest BCUT2D eigenvalue weighted by atomic mass is 15.3. The van der Waals surface area contributed by atoms with Crippen molar-refractivity contribution in [3.05, 3.63) is 0 Å². The summed E-state index contributed by atoms with van der Waals surface area (Å²) in [7, 11) is 0. The second-order valence-electron chi connectivity index (χ2n) is 6.17. The molecule has 4 heteroatoms. The molecule has 0 aromatic rings. The van der Waals surface area contributed by atoms with Crippen molar-refractivity contribution in [3.8, 4) is 0 Å². The molecule has 120 valence electrons. The first kappa shape index (κ1) is 17.9. The Morgan fingerprint density at radius 2 is 1.80 bits per heavy atom. The summed E-state index contributed by atoms with van der Waals surface area (Å²) in [5.41, 5.74) is 2.79. The standard InChI is InChI=1S/C16H36N4/c1-4-15(3)20(12-11-18-17)14-13-19(5-2)16-9-7-6-8-10-16/h15-16,18H,4-14,17H2,1-3H3. The Hall–Kier alpha value is -0.160. The Bertz CT molecular complexity index is 227. The van der Waals surface area contributed by atoms with E-state index >= 15 is 0 Å². The Morgan fingerprint density at radius 3 is 2.35 bits per heavy atom. The highest BCUT2D eigenvalue weighted by Crippen LogP contribution is 2.22. The Kier molecular flexibility index (Phi) is 9.44. The van der Waals surface area contributed by atoms with E-state index in [4.69, 9.17) is 5.84 Å². The van der Waals surface area contributed by atoms with Gasteiger partial charge in [0.15, 0.2) is 0 Å². The van der Waals surface area contributed by atoms with Gasteiger partial charge in [0.25, 0.3) is 0 Å². The highest BCUT2D eigenvalue weighted by molar-refractivity contribution is 4.77. The molecule has 20 heavy (non-hydrogen) atoms. The van der Waals surface area contributed by atoms with Crippen LogP contribution >= 0.6 is 0 Å². The van der Waals surface area contributed by atoms with Crippen molar-refractivity contribution >= 4 is 0 Å². The van der Waals surface area contributed by atoms with E-state index < -0.39 is 0 Å². The van der Waals surface area contributed by atoms with Gasteiger partial charge in [0.05, 0.1) is 0 Å². The van der Waals surface area contributed by atoms with E-state index in [1.807, 2.05) is 0 Å². The maximum atomic E-state index is 5.43. The van der Waals surface area contributed by atoms with E-state index in [1.54, 1.807) is 0 Å². The van der Waals surface area contributed by atoms with Crippen molar-refractivity contribution in [3.63, 3.8) is 0 Å². The number of nitrogens with one attached hydrogen (secondary N) is 1. The fraction of sp³-hybridized carbons (Fsp3) is 1.00. The van der Waals surface area contributed by atoms with Gasteiger partial charge in [-0.05, 0) is 32.7 Å². The van der Waals surface area contributed by atoms with Gasteiger partial charge in [-0.2, -0.15) is 0 Å². The zero-order valence-corrected chi connectivity index (χ0v) is 13.9. The van der Waals surface area contributed by atoms with Crippen LogP contribution in [0.4, 0.5) is 0 Å². The van der Waals surface area contributed by atoms with Gasteiger partial charge in [0.2, 0.25) is 0 Å². The van der Waals surface area contributed by atoms with E-state index in [-0.39, 0.29) is 0 Å². The molecule has 4 nitrogen and oxygen atoms in total. The second kappa shape index (κ2) is 10.6. The maximum Gasteiger partial charge on any atom is 0.0225 e. The topological polar surface area (TPSA) is 44.5 Å². The molecule has 0 radical (unpaired) electrons. The van der Waals surface area contributed by atoms with E-state index in [0.29, 0.717) is 6.04 Å². The van der Waals surface area contributed by atoms with Gasteiger partial charge in [-0.3, -0.25) is 21.1 Å². The molecule has 1 aliphatic carbocycles. The van der Waals surface area contributed by atoms with Gasteiger partial charge < -0.3 is 0 Å². The van der Waals surface area contributed by atoms with Gasteiger partial charge in [0, 0.05) is 38.3 Å². The smallest absolute Gasteiger partial charge is 0.0225 e. The van der Waals surface area contributed by atoms with Crippen LogP contribution in [0.5, 0.6) is 0 Å². The molecule has 1 aliphatic rings. The molecule has 0 aliphatic heterocycles. The first-order valence-corrected chi connectivity index (χ1v) is 8.64. The number of likely N-dealkylation sites (N-methyl/N-ethyl adjacent to an activating group) is 1. The molecule has 0 aromatic heterocycles. The summed E-state index contributed by atoms with van der Waals surface area (Å²) in [5, 5.41) is 0. The first-order valence-electron chi connectivity index (χ1n) is 8.64. The second-order valence-corrected chi connectivity index (χ2v) is 6.17. The summed E-state index contributed by atoms with van der Waals surface area (Å²) in [6.07, 6.45) is 8.30. The zero-order valence-electron chi connectivity index (χ0n) is 13.9. The molecule has 0 saturated heterocycles. The summed E-state index contributed by atoms with van der Waals surface area (Å²) in [6.45, 7) is 12.4. The third-order valence-electron chi connectivity index (χ3n) is 4.93. The minimum absolute atomic E-state index is 0.647. The Balaban J connectivity index is 2.41. The number of nitrogens with zero attached hydrogens (tertiary/aromatic N) is 2. The quantitative estimate of drug-likeness (QED) is 0.477. The summed E-state index contributed by atoms with van der Waals surface area (Å²) in [6, 6.07) is 1.48. The van der Waals surface area contributed by atoms with E-state index in [1.165, 1.54) is 58.2 Å². The average molecular weight is 284 g/mol. The van der Waals surface area contributed by atoms with Crippen LogP contribution in [-0.4, -0.2) is 54.6 Å². The van der Waals surface area contributed by atoms with Crippen LogP contribution in [0.25, 0.3) is 0 Å². The summed E-state index contributed by atoms with van der Waals surface area (Å²) in [4.78, 5) is 5.27. The first-order chi connectivity index (χ1) is 9.72. The van der Waals surface area contributed by atoms with Crippen LogP contribution in [0, 0.1) is 0 Å². The summed E-state index contributed by atoms with van der Waals surface area (Å²) in [5.74, 6) is 5.43. The normalized spacial score (nSPS) is 18.9. The van der Waals surface area contributed by atoms with Crippen LogP contribution in [0.2, 0.25) is 0 Å². The lowest BCUT2D eigenvalue weighted by atomic mass is 9.94. The van der Waals surface area contributed by atoms with Crippen LogP contribution in [-0.2, 0) is 0 Å². The molecule has 0 heterocycles. The molecule has 0 amide bonds. The van der Waals surface area contributed by atoms with Crippen molar-refractivity contribution in [1.29, 1.82) is 0 Å². The fourth-order valence-electron chi connectivity index (χ4n) is 3.32. The van der Waals surface area contributed by atoms with Gasteiger partial charge in [-0.25, -0.2) is 0 Å². The lowest BCUT2D eigenvalue weighted by molar-refractivity contribution is 0.122. The van der Waals surface area contributed by atoms with Crippen molar-refractivity contribution in [2.24, 2.45) is 5.84 Å². The minimum Gasteiger partial charge on any atom is -0.299 e. The Labute approximate surface area is 126 Å². The monoisotopic (exact) mass is 284 g/mol. The van der Waals surface area contributed by atoms with E-state index in [0.717, 1.165) is 19.1 Å². The molecule has 1 fully saturated rings. The summed E-state index contributed by atoms with van der Waals surface area (Å²) < 4.78 is 0. The maximum absolute atomic E-state index is 5.43. The predicted molar refractivity (Wildman–Crippen MR) is 87.6 cm³/mol. The molecule has 1 rings (SSSR count). The Morgan fingerprint density at radius 1 is 1.10 bits per heavy atom. The molecule has 0 bridgehead atoms. The van der Waals surface area contributed by atoms with Crippen LogP contribution in [0.15, 0.2) is 0 Å². The van der Waals surface area contributed by atoms with Gasteiger partial charge >= 0.3 is 0 Å². The average Bonchev–Trinajstić information content (AvgIpc) is 2.51. The molecule has 1 unspecified atom stereocenters. The van der Waals surface area contributed by atoms with Crippen molar-refractivity contribution in [2.45, 2.75) is 71.4 Å². The van der Waals surface area contributed by atoms with E-state index in [9.17, 15) is 0 Å². The number of nitrogens with two attached hydrogens (primary N) is 1. The molecule has 1 saturated carbocycles. The van der Waals surface area contributed by atoms with Crippen molar-refractivity contribution in [1.82, 2.24) is 15.2 Å². The largest absolute Gasteiger partial charge is 0.299 e. The predicted octanol–water partition coefficient (Wildman–Crippen LogP) is 2.20. The molecule has 0 spiro atoms. The van der Waals surface area contributed by atoms with Crippen LogP contribution < -0.4 is 11.3 Å². The summed E-state index contributed by atoms with van der Waals surface area (Å²) >= 11 is 0. The third kappa shape index (κ3) is 6.08. The van der Waals surface area contributed by atoms with E-state index in [2.05, 4.69) is 36.0 Å². The fourth-order valence-corrected chi connectivity index (χ4v) is 3.32. The van der Waals surface area contributed by atoms with Crippen molar-refractivity contribution < 1.29 is 0 Å². The van der Waals surface area contributed by atoms with Gasteiger partial charge in [0.1, 0.15) is 0 Å². The van der Waals surface area contributed by atoms with Gasteiger partial charge in [-0.15, -0.1) is 0 Å². The molecular formula is C16H36N4. The SMILES string of the molecule is CCC(C)N(CCNN)CCN(CC)C1CCCCC1. The van der Waals surface area contributed by atoms with Crippen molar-refractivity contribution in [2.75, 3.05) is 32.7 Å². The number of hydrogen-bond acceptors (Lipinski definition) is 4. The lowest BCUT2D eigenvalue weighted by Crippen LogP contribution is -2.46. The highest BCUT2D eigenvalue weighted by Gasteiger charge is 2.21. The van der Waals surface area contributed by atoms with Crippen LogP contribution in [0.3, 0.4) is 0 Å². The van der Waals surface area contributed by atoms with Gasteiger partial charge in [-0.1, -0.05) is 33.1 Å². The number of rotatable bonds is 10. The minimum atomic E-state index is 0.647. The third-order valence-corrected chi connectivity index (χ3v) is 4.93. The van der Waals surface area contributed by atoms with Crippen LogP contribution in [0.1, 0.15) is 59.3 Å². The number of hydrazine groups is 1. The molecule has 1 atom stereocenters.